The number of hydrogen-bond acceptors (Lipinski definition) is 4. The van der Waals surface area contributed by atoms with Crippen molar-refractivity contribution in [2.24, 2.45) is 0 Å². The number of halogens is 3. The largest absolute Gasteiger partial charge is 0.478 e. The Kier molecular flexibility index (Phi) is 6.31. The molecule has 6 nitrogen and oxygen atoms in total. The monoisotopic (exact) mass is 421 g/mol. The van der Waals surface area contributed by atoms with Crippen LogP contribution in [-0.4, -0.2) is 61.3 Å². The summed E-state index contributed by atoms with van der Waals surface area (Å²) in [4.78, 5) is 28.6. The summed E-state index contributed by atoms with van der Waals surface area (Å²) in [5, 5.41) is 9.56. The maximum atomic E-state index is 13.4. The molecule has 1 fully saturated rings. The molecule has 0 aliphatic carbocycles. The van der Waals surface area contributed by atoms with E-state index in [-0.39, 0.29) is 11.3 Å². The average molecular weight is 421 g/mol. The van der Waals surface area contributed by atoms with Crippen LogP contribution in [0.1, 0.15) is 15.9 Å². The Balaban J connectivity index is 2.06. The summed E-state index contributed by atoms with van der Waals surface area (Å²) < 4.78 is 40.1. The van der Waals surface area contributed by atoms with Crippen molar-refractivity contribution in [3.8, 4) is 0 Å². The number of hydrogen-bond donors (Lipinski definition) is 1. The first kappa shape index (κ1) is 21.6. The Labute approximate surface area is 172 Å². The second-order valence-corrected chi connectivity index (χ2v) is 7.17. The van der Waals surface area contributed by atoms with Crippen molar-refractivity contribution < 1.29 is 27.9 Å². The van der Waals surface area contributed by atoms with E-state index >= 15 is 0 Å². The van der Waals surface area contributed by atoms with E-state index < -0.39 is 24.6 Å². The number of nitrogens with zero attached hydrogens (tertiary/aromatic N) is 3. The van der Waals surface area contributed by atoms with E-state index in [1.165, 1.54) is 12.1 Å². The third-order valence-corrected chi connectivity index (χ3v) is 5.04. The van der Waals surface area contributed by atoms with E-state index in [4.69, 9.17) is 0 Å². The van der Waals surface area contributed by atoms with Crippen molar-refractivity contribution in [1.82, 2.24) is 4.90 Å². The van der Waals surface area contributed by atoms with E-state index in [0.29, 0.717) is 29.2 Å². The summed E-state index contributed by atoms with van der Waals surface area (Å²) in [5.74, 6) is -3.51. The van der Waals surface area contributed by atoms with Gasteiger partial charge in [0.15, 0.2) is 0 Å². The van der Waals surface area contributed by atoms with Crippen molar-refractivity contribution in [3.63, 3.8) is 0 Å². The predicted octanol–water partition coefficient (Wildman–Crippen LogP) is 3.23. The zero-order chi connectivity index (χ0) is 21.9. The first-order valence-electron chi connectivity index (χ1n) is 9.40. The number of piperazine rings is 1. The molecular formula is C21H22F3N3O3. The summed E-state index contributed by atoms with van der Waals surface area (Å²) in [6, 6.07) is 12.3. The first-order valence-corrected chi connectivity index (χ1v) is 9.40. The molecule has 0 bridgehead atoms. The van der Waals surface area contributed by atoms with Crippen molar-refractivity contribution >= 4 is 23.3 Å². The number of benzene rings is 2. The van der Waals surface area contributed by atoms with Gasteiger partial charge in [0.25, 0.3) is 0 Å². The molecule has 2 aromatic rings. The van der Waals surface area contributed by atoms with Gasteiger partial charge in [-0.2, -0.15) is 13.2 Å². The Morgan fingerprint density at radius 1 is 1.03 bits per heavy atom. The Hall–Kier alpha value is -3.07. The van der Waals surface area contributed by atoms with Crippen LogP contribution < -0.4 is 9.80 Å². The summed E-state index contributed by atoms with van der Waals surface area (Å²) in [6.07, 6.45) is -5.14. The number of carbonyl (C=O) groups excluding carboxylic acids is 1. The molecule has 2 aromatic carbocycles. The zero-order valence-electron chi connectivity index (χ0n) is 16.4. The average Bonchev–Trinajstić information content (AvgIpc) is 2.71. The molecule has 160 valence electrons. The quantitative estimate of drug-likeness (QED) is 0.803. The minimum Gasteiger partial charge on any atom is -0.478 e. The first-order chi connectivity index (χ1) is 14.2. The van der Waals surface area contributed by atoms with Gasteiger partial charge in [-0.15, -0.1) is 0 Å². The van der Waals surface area contributed by atoms with Gasteiger partial charge in [0.1, 0.15) is 0 Å². The van der Waals surface area contributed by atoms with Gasteiger partial charge in [0.2, 0.25) is 0 Å². The number of likely N-dealkylation sites (N-methyl/N-ethyl adjacent to an activating group) is 1. The van der Waals surface area contributed by atoms with E-state index in [0.717, 1.165) is 13.1 Å². The van der Waals surface area contributed by atoms with Gasteiger partial charge >= 0.3 is 18.1 Å². The lowest BCUT2D eigenvalue weighted by Crippen LogP contribution is -2.45. The normalized spacial score (nSPS) is 15.1. The summed E-state index contributed by atoms with van der Waals surface area (Å²) >= 11 is 0. The van der Waals surface area contributed by atoms with Crippen molar-refractivity contribution in [2.45, 2.75) is 12.7 Å². The molecule has 0 saturated carbocycles. The maximum Gasteiger partial charge on any atom is 0.471 e. The van der Waals surface area contributed by atoms with Gasteiger partial charge in [0, 0.05) is 31.9 Å². The predicted molar refractivity (Wildman–Crippen MR) is 107 cm³/mol. The maximum absolute atomic E-state index is 13.4. The Morgan fingerprint density at radius 2 is 1.67 bits per heavy atom. The fraction of sp³-hybridized carbons (Fsp3) is 0.333. The highest BCUT2D eigenvalue weighted by molar-refractivity contribution is 6.04. The van der Waals surface area contributed by atoms with E-state index in [1.807, 2.05) is 11.9 Å². The number of alkyl halides is 3. The molecule has 1 N–H and O–H groups in total. The van der Waals surface area contributed by atoms with Crippen molar-refractivity contribution in [2.75, 3.05) is 43.0 Å². The van der Waals surface area contributed by atoms with Crippen LogP contribution in [0.3, 0.4) is 0 Å². The second-order valence-electron chi connectivity index (χ2n) is 7.17. The zero-order valence-corrected chi connectivity index (χ0v) is 16.4. The standard InChI is InChI=1S/C21H22F3N3O3/c1-25-9-11-26(12-10-25)16-7-8-17(19(28)29)18(13-16)27(20(30)21(22,23)24)14-15-5-3-2-4-6-15/h2-8,13H,9-12,14H2,1H3,(H,28,29). The molecule has 0 radical (unpaired) electrons. The van der Waals surface area contributed by atoms with Crippen LogP contribution in [0.15, 0.2) is 48.5 Å². The third-order valence-electron chi connectivity index (χ3n) is 5.04. The highest BCUT2D eigenvalue weighted by Crippen LogP contribution is 2.32. The second kappa shape index (κ2) is 8.74. The summed E-state index contributed by atoms with van der Waals surface area (Å²) in [7, 11) is 1.97. The fourth-order valence-corrected chi connectivity index (χ4v) is 3.37. The lowest BCUT2D eigenvalue weighted by atomic mass is 10.1. The van der Waals surface area contributed by atoms with Gasteiger partial charge in [0.05, 0.1) is 17.8 Å². The number of carbonyl (C=O) groups is 2. The molecule has 1 heterocycles. The lowest BCUT2D eigenvalue weighted by molar-refractivity contribution is -0.170. The molecule has 1 aliphatic heterocycles. The molecule has 0 spiro atoms. The van der Waals surface area contributed by atoms with E-state index in [1.54, 1.807) is 36.4 Å². The Bertz CT molecular complexity index is 911. The molecule has 3 rings (SSSR count). The number of carboxylic acids is 1. The number of rotatable bonds is 5. The highest BCUT2D eigenvalue weighted by Gasteiger charge is 2.44. The lowest BCUT2D eigenvalue weighted by Gasteiger charge is -2.35. The molecule has 1 saturated heterocycles. The molecular weight excluding hydrogens is 399 g/mol. The van der Waals surface area contributed by atoms with Crippen LogP contribution in [0.4, 0.5) is 24.5 Å². The van der Waals surface area contributed by atoms with Crippen LogP contribution in [-0.2, 0) is 11.3 Å². The van der Waals surface area contributed by atoms with Crippen LogP contribution in [0, 0.1) is 0 Å². The van der Waals surface area contributed by atoms with Gasteiger partial charge < -0.3 is 14.9 Å². The van der Waals surface area contributed by atoms with Gasteiger partial charge in [-0.25, -0.2) is 4.79 Å². The smallest absolute Gasteiger partial charge is 0.471 e. The SMILES string of the molecule is CN1CCN(c2ccc(C(=O)O)c(N(Cc3ccccc3)C(=O)C(F)(F)F)c2)CC1. The molecule has 1 amide bonds. The number of amides is 1. The molecule has 9 heteroatoms. The number of carboxylic acid groups (broad SMARTS) is 1. The van der Waals surface area contributed by atoms with Crippen LogP contribution in [0.2, 0.25) is 0 Å². The minimum atomic E-state index is -5.14. The minimum absolute atomic E-state index is 0.273. The Morgan fingerprint density at radius 3 is 2.23 bits per heavy atom. The van der Waals surface area contributed by atoms with E-state index in [9.17, 15) is 27.9 Å². The third kappa shape index (κ3) is 4.91. The topological polar surface area (TPSA) is 64.1 Å². The summed E-state index contributed by atoms with van der Waals surface area (Å²) in [6.45, 7) is 2.44. The van der Waals surface area contributed by atoms with Crippen molar-refractivity contribution in [3.05, 3.63) is 59.7 Å². The molecule has 0 aromatic heterocycles. The van der Waals surface area contributed by atoms with Gasteiger partial charge in [-0.1, -0.05) is 30.3 Å². The van der Waals surface area contributed by atoms with Crippen LogP contribution >= 0.6 is 0 Å². The highest BCUT2D eigenvalue weighted by atomic mass is 19.4. The molecule has 1 aliphatic rings. The number of aromatic carboxylic acids is 1. The van der Waals surface area contributed by atoms with E-state index in [2.05, 4.69) is 4.90 Å². The summed E-state index contributed by atoms with van der Waals surface area (Å²) in [5.41, 5.74) is 0.402. The van der Waals surface area contributed by atoms with Gasteiger partial charge in [-0.3, -0.25) is 9.69 Å². The molecule has 0 unspecified atom stereocenters. The molecule has 0 atom stereocenters. The van der Waals surface area contributed by atoms with Crippen molar-refractivity contribution in [1.29, 1.82) is 0 Å². The van der Waals surface area contributed by atoms with Gasteiger partial charge in [-0.05, 0) is 30.8 Å². The molecule has 30 heavy (non-hydrogen) atoms. The van der Waals surface area contributed by atoms with Crippen LogP contribution in [0.5, 0.6) is 0 Å². The van der Waals surface area contributed by atoms with Crippen LogP contribution in [0.25, 0.3) is 0 Å². The number of anilines is 2. The fourth-order valence-electron chi connectivity index (χ4n) is 3.37.